The predicted molar refractivity (Wildman–Crippen MR) is 294 cm³/mol. The molecule has 0 unspecified atom stereocenters. The third-order valence-electron chi connectivity index (χ3n) is 11.7. The fraction of sp³-hybridized carbons (Fsp3) is 0.600. The van der Waals surface area contributed by atoms with Crippen molar-refractivity contribution in [2.75, 3.05) is 79.3 Å². The third kappa shape index (κ3) is 26.0. The van der Waals surface area contributed by atoms with Crippen molar-refractivity contribution >= 4 is 8.41 Å². The summed E-state index contributed by atoms with van der Waals surface area (Å²) in [7, 11) is 0. The van der Waals surface area contributed by atoms with Crippen LogP contribution >= 0.6 is 0 Å². The van der Waals surface area contributed by atoms with Crippen molar-refractivity contribution < 1.29 is 101 Å². The molecule has 0 spiro atoms. The zero-order valence-electron chi connectivity index (χ0n) is 46.4. The van der Waals surface area contributed by atoms with Crippen molar-refractivity contribution in [1.82, 2.24) is 0 Å². The normalized spacial score (nSPS) is 12.4. The van der Waals surface area contributed by atoms with Crippen LogP contribution in [0.25, 0.3) is 0 Å². The van der Waals surface area contributed by atoms with Gasteiger partial charge < -0.3 is 42.6 Å². The minimum atomic E-state index is 0. The fourth-order valence-corrected chi connectivity index (χ4v) is 9.70. The van der Waals surface area contributed by atoms with Crippen LogP contribution in [0.15, 0.2) is 91.0 Å². The van der Waals surface area contributed by atoms with Gasteiger partial charge in [-0.05, 0) is 105 Å². The van der Waals surface area contributed by atoms with E-state index in [1.165, 1.54) is 16.7 Å². The van der Waals surface area contributed by atoms with Crippen LogP contribution in [0.3, 0.4) is 0 Å². The van der Waals surface area contributed by atoms with Crippen LogP contribution in [0.2, 0.25) is 0 Å². The molecule has 392 valence electrons. The van der Waals surface area contributed by atoms with E-state index in [2.05, 4.69) is 140 Å². The molecule has 0 fully saturated rings. The summed E-state index contributed by atoms with van der Waals surface area (Å²) in [6.07, 6.45) is 3.29. The summed E-state index contributed by atoms with van der Waals surface area (Å²) < 4.78 is 53.8. The Morgan fingerprint density at radius 2 is 0.451 bits per heavy atom. The Kier molecular flexibility index (Phi) is 27.4. The Bertz CT molecular complexity index is 1810. The molecule has 9 nitrogen and oxygen atoms in total. The molecular weight excluding hydrogens is 961 g/mol. The van der Waals surface area contributed by atoms with Crippen molar-refractivity contribution in [3.63, 3.8) is 0 Å². The van der Waals surface area contributed by atoms with Gasteiger partial charge in [0, 0.05) is 18.2 Å². The number of hydrogen-bond acceptors (Lipinski definition) is 9. The molecule has 0 amide bonds. The van der Waals surface area contributed by atoms with Crippen molar-refractivity contribution in [2.45, 2.75) is 139 Å². The molecule has 0 aliphatic rings. The molecule has 0 N–H and O–H groups in total. The van der Waals surface area contributed by atoms with Crippen molar-refractivity contribution in [3.05, 3.63) is 108 Å². The van der Waals surface area contributed by atoms with Gasteiger partial charge in [0.05, 0.1) is 39.6 Å². The zero-order valence-corrected chi connectivity index (χ0v) is 51.4. The van der Waals surface area contributed by atoms with Crippen LogP contribution in [0.1, 0.15) is 140 Å². The number of hydrogen-bond donors (Lipinski definition) is 0. The summed E-state index contributed by atoms with van der Waals surface area (Å²) in [5, 5.41) is 0. The van der Waals surface area contributed by atoms with E-state index < -0.39 is 0 Å². The molecule has 0 radical (unpaired) electrons. The van der Waals surface area contributed by atoms with Gasteiger partial charge in [0.15, 0.2) is 0 Å². The van der Waals surface area contributed by atoms with Crippen LogP contribution in [0.4, 0.5) is 0 Å². The first-order valence-corrected chi connectivity index (χ1v) is 25.3. The minimum absolute atomic E-state index is 0. The second-order valence-electron chi connectivity index (χ2n) is 24.0. The summed E-state index contributed by atoms with van der Waals surface area (Å²) >= 11 is 0. The molecule has 0 aliphatic carbocycles. The van der Waals surface area contributed by atoms with Crippen LogP contribution in [0.5, 0.6) is 34.5 Å². The Morgan fingerprint density at radius 3 is 0.634 bits per heavy atom. The third-order valence-corrected chi connectivity index (χ3v) is 11.7. The van der Waals surface area contributed by atoms with Crippen LogP contribution < -0.4 is 86.6 Å². The number of ether oxygens (including phenoxy) is 9. The molecule has 0 saturated heterocycles. The predicted octanol–water partition coefficient (Wildman–Crippen LogP) is 9.80. The van der Waals surface area contributed by atoms with E-state index in [9.17, 15) is 0 Å². The maximum absolute atomic E-state index is 6.11. The Labute approximate surface area is 481 Å². The smallest absolute Gasteiger partial charge is 0.491 e. The maximum atomic E-state index is 6.11. The monoisotopic (exact) mass is 1050 g/mol. The van der Waals surface area contributed by atoms with Gasteiger partial charge in [0.1, 0.15) is 74.1 Å². The molecule has 0 saturated carbocycles. The first kappa shape index (κ1) is 64.5. The molecule has 0 atom stereocenters. The first-order chi connectivity index (χ1) is 32.3. The fourth-order valence-electron chi connectivity index (χ4n) is 9.70. The minimum Gasteiger partial charge on any atom is -0.491 e. The second kappa shape index (κ2) is 30.1. The van der Waals surface area contributed by atoms with Gasteiger partial charge in [-0.25, -0.2) is 0 Å². The maximum Gasteiger partial charge on any atom is 1.00 e. The number of benzene rings is 4. The molecule has 71 heavy (non-hydrogen) atoms. The quantitative estimate of drug-likeness (QED) is 0.0375. The summed E-state index contributed by atoms with van der Waals surface area (Å²) in [6, 6.07) is 30.8. The summed E-state index contributed by atoms with van der Waals surface area (Å²) in [5.74, 6) is 4.34. The van der Waals surface area contributed by atoms with Crippen molar-refractivity contribution in [1.29, 1.82) is 0 Å². The van der Waals surface area contributed by atoms with E-state index in [0.29, 0.717) is 96.5 Å². The molecule has 0 bridgehead atoms. The van der Waals surface area contributed by atoms with E-state index in [0.717, 1.165) is 36.5 Å². The van der Waals surface area contributed by atoms with Gasteiger partial charge in [-0.1, -0.05) is 149 Å². The molecule has 4 aromatic rings. The Balaban J connectivity index is 0.00000864. The van der Waals surface area contributed by atoms with E-state index in [-0.39, 0.29) is 99.1 Å². The van der Waals surface area contributed by atoms with E-state index in [1.807, 2.05) is 54.6 Å². The molecule has 11 heteroatoms. The van der Waals surface area contributed by atoms with E-state index >= 15 is 0 Å². The van der Waals surface area contributed by atoms with Gasteiger partial charge in [-0.3, -0.25) is 0 Å². The van der Waals surface area contributed by atoms with Crippen LogP contribution in [0, 0.1) is 16.2 Å². The topological polar surface area (TPSA) is 83.1 Å². The number of rotatable bonds is 30. The van der Waals surface area contributed by atoms with Crippen LogP contribution in [-0.2, 0) is 30.5 Å². The SMILES string of the molecule is CC(C)(C)CC(C)(C)c1ccc(OCCOCCOc2cc(OCCOCCOc3ccc(C(C)(C)CC(C)(C)C)cc3)cc(OCCOCCOc3ccc(C(C)(C)CC(C)(C)C)cc3)c2)cc1.[BH4-].[Rb+]. The van der Waals surface area contributed by atoms with Crippen molar-refractivity contribution in [3.8, 4) is 34.5 Å². The molecule has 4 rings (SSSR count). The standard InChI is InChI=1S/C60H90O9.BH4.Rb/c1-55(2,3)43-58(10,11)46-16-22-49(23-17-46)64-34-28-61-31-37-67-52-40-53(68-38-32-62-29-35-65-50-24-18-47(19-25-50)59(12,13)44-56(4,5)6)42-54(41-52)69-39-33-63-30-36-66-51-26-20-48(21-27-51)60(14,15)45-57(7,8)9;;/h16-27,40-42H,28-39,43-45H2,1-15H3;1H4;/q;-1;+1. The molecule has 0 heterocycles. The average Bonchev–Trinajstić information content (AvgIpc) is 3.23. The van der Waals surface area contributed by atoms with E-state index in [1.54, 1.807) is 0 Å². The average molecular weight is 1060 g/mol. The largest absolute Gasteiger partial charge is 1.00 e. The van der Waals surface area contributed by atoms with Gasteiger partial charge in [-0.15, -0.1) is 0 Å². The summed E-state index contributed by atoms with van der Waals surface area (Å²) in [6.45, 7) is 39.3. The second-order valence-corrected chi connectivity index (χ2v) is 24.0. The molecule has 0 aromatic heterocycles. The van der Waals surface area contributed by atoms with Gasteiger partial charge >= 0.3 is 58.2 Å². The molecular formula is C60H94BO9Rb. The molecule has 4 aromatic carbocycles. The summed E-state index contributed by atoms with van der Waals surface area (Å²) in [4.78, 5) is 0. The van der Waals surface area contributed by atoms with Gasteiger partial charge in [0.2, 0.25) is 0 Å². The Hall–Kier alpha value is -2.57. The summed E-state index contributed by atoms with van der Waals surface area (Å²) in [5.41, 5.74) is 4.95. The van der Waals surface area contributed by atoms with Crippen molar-refractivity contribution in [2.24, 2.45) is 16.2 Å². The Morgan fingerprint density at radius 1 is 0.268 bits per heavy atom. The van der Waals surface area contributed by atoms with Gasteiger partial charge in [0.25, 0.3) is 0 Å². The van der Waals surface area contributed by atoms with Crippen LogP contribution in [-0.4, -0.2) is 87.7 Å². The first-order valence-electron chi connectivity index (χ1n) is 25.3. The van der Waals surface area contributed by atoms with Gasteiger partial charge in [-0.2, -0.15) is 0 Å². The molecule has 0 aliphatic heterocycles. The zero-order chi connectivity index (χ0) is 50.8. The van der Waals surface area contributed by atoms with E-state index in [4.69, 9.17) is 42.6 Å².